The predicted molar refractivity (Wildman–Crippen MR) is 98.8 cm³/mol. The van der Waals surface area contributed by atoms with Gasteiger partial charge >= 0.3 is 0 Å². The lowest BCUT2D eigenvalue weighted by molar-refractivity contribution is 0.0684. The molecule has 6 nitrogen and oxygen atoms in total. The summed E-state index contributed by atoms with van der Waals surface area (Å²) in [7, 11) is 3.51. The highest BCUT2D eigenvalue weighted by Gasteiger charge is 2.24. The van der Waals surface area contributed by atoms with Crippen molar-refractivity contribution >= 4 is 11.8 Å². The molecule has 3 rings (SSSR count). The second-order valence-electron chi connectivity index (χ2n) is 6.93. The van der Waals surface area contributed by atoms with Gasteiger partial charge in [-0.3, -0.25) is 14.6 Å². The first-order chi connectivity index (χ1) is 12.5. The van der Waals surface area contributed by atoms with Gasteiger partial charge in [-0.25, -0.2) is 4.98 Å². The molecule has 1 aliphatic rings. The lowest BCUT2D eigenvalue weighted by Crippen LogP contribution is -2.39. The Balaban J connectivity index is 1.53. The van der Waals surface area contributed by atoms with E-state index in [9.17, 15) is 9.59 Å². The summed E-state index contributed by atoms with van der Waals surface area (Å²) in [6, 6.07) is 7.86. The maximum atomic E-state index is 12.4. The first-order valence-corrected chi connectivity index (χ1v) is 8.90. The second-order valence-corrected chi connectivity index (χ2v) is 6.93. The van der Waals surface area contributed by atoms with Crippen LogP contribution < -0.4 is 0 Å². The molecule has 6 heteroatoms. The van der Waals surface area contributed by atoms with E-state index in [0.717, 1.165) is 32.4 Å². The monoisotopic (exact) mass is 352 g/mol. The normalized spacial score (nSPS) is 14.9. The molecule has 26 heavy (non-hydrogen) atoms. The fourth-order valence-electron chi connectivity index (χ4n) is 3.29. The van der Waals surface area contributed by atoms with Crippen LogP contribution in [0.1, 0.15) is 39.3 Å². The van der Waals surface area contributed by atoms with Crippen LogP contribution in [0.25, 0.3) is 0 Å². The number of benzene rings is 1. The van der Waals surface area contributed by atoms with Crippen molar-refractivity contribution in [2.45, 2.75) is 19.3 Å². The van der Waals surface area contributed by atoms with E-state index < -0.39 is 0 Å². The zero-order valence-electron chi connectivity index (χ0n) is 15.3. The first kappa shape index (κ1) is 18.0. The highest BCUT2D eigenvalue weighted by Crippen LogP contribution is 2.23. The molecule has 0 bridgehead atoms. The second kappa shape index (κ2) is 8.08. The van der Waals surface area contributed by atoms with Crippen molar-refractivity contribution in [3.63, 3.8) is 0 Å². The average molecular weight is 352 g/mol. The van der Waals surface area contributed by atoms with Crippen molar-refractivity contribution in [3.8, 4) is 0 Å². The van der Waals surface area contributed by atoms with Gasteiger partial charge < -0.3 is 9.80 Å². The van der Waals surface area contributed by atoms with Gasteiger partial charge in [0.05, 0.1) is 6.20 Å². The van der Waals surface area contributed by atoms with Crippen LogP contribution in [0.3, 0.4) is 0 Å². The summed E-state index contributed by atoms with van der Waals surface area (Å²) in [5, 5.41) is 0. The Morgan fingerprint density at radius 1 is 1.12 bits per heavy atom. The van der Waals surface area contributed by atoms with Gasteiger partial charge in [-0.1, -0.05) is 12.1 Å². The molecule has 136 valence electrons. The van der Waals surface area contributed by atoms with E-state index in [1.807, 2.05) is 29.2 Å². The predicted octanol–water partition coefficient (Wildman–Crippen LogP) is 2.27. The number of likely N-dealkylation sites (tertiary alicyclic amines) is 1. The van der Waals surface area contributed by atoms with Crippen LogP contribution in [0.15, 0.2) is 42.9 Å². The maximum absolute atomic E-state index is 12.4. The van der Waals surface area contributed by atoms with Gasteiger partial charge in [0.1, 0.15) is 5.69 Å². The lowest BCUT2D eigenvalue weighted by Gasteiger charge is -2.31. The van der Waals surface area contributed by atoms with Gasteiger partial charge in [0.15, 0.2) is 0 Å². The van der Waals surface area contributed by atoms with Crippen LogP contribution in [0, 0.1) is 5.92 Å². The molecule has 1 fully saturated rings. The molecule has 1 aromatic carbocycles. The van der Waals surface area contributed by atoms with Gasteiger partial charge in [-0.2, -0.15) is 0 Å². The molecule has 0 saturated carbocycles. The summed E-state index contributed by atoms with van der Waals surface area (Å²) in [6.45, 7) is 1.49. The van der Waals surface area contributed by atoms with Gasteiger partial charge in [0, 0.05) is 45.1 Å². The maximum Gasteiger partial charge on any atom is 0.274 e. The Morgan fingerprint density at radius 2 is 1.81 bits per heavy atom. The number of carbonyl (C=O) groups excluding carboxylic acids is 2. The Hall–Kier alpha value is -2.76. The number of hydrogen-bond acceptors (Lipinski definition) is 4. The average Bonchev–Trinajstić information content (AvgIpc) is 2.68. The molecule has 0 N–H and O–H groups in total. The fourth-order valence-corrected chi connectivity index (χ4v) is 3.29. The summed E-state index contributed by atoms with van der Waals surface area (Å²) >= 11 is 0. The first-order valence-electron chi connectivity index (χ1n) is 8.90. The van der Waals surface area contributed by atoms with E-state index in [1.165, 1.54) is 11.8 Å². The summed E-state index contributed by atoms with van der Waals surface area (Å²) < 4.78 is 0. The molecule has 0 aliphatic carbocycles. The van der Waals surface area contributed by atoms with Crippen molar-refractivity contribution in [3.05, 3.63) is 59.7 Å². The minimum absolute atomic E-state index is 0.0207. The molecule has 1 aliphatic heterocycles. The third-order valence-electron chi connectivity index (χ3n) is 4.82. The zero-order valence-corrected chi connectivity index (χ0v) is 15.3. The van der Waals surface area contributed by atoms with Crippen LogP contribution in [0.2, 0.25) is 0 Å². The minimum Gasteiger partial charge on any atom is -0.345 e. The largest absolute Gasteiger partial charge is 0.345 e. The van der Waals surface area contributed by atoms with Crippen molar-refractivity contribution in [1.82, 2.24) is 19.8 Å². The van der Waals surface area contributed by atoms with E-state index in [2.05, 4.69) is 9.97 Å². The molecule has 2 amide bonds. The fraction of sp³-hybridized carbons (Fsp3) is 0.400. The van der Waals surface area contributed by atoms with E-state index in [0.29, 0.717) is 17.2 Å². The Kier molecular flexibility index (Phi) is 5.61. The van der Waals surface area contributed by atoms with Crippen molar-refractivity contribution < 1.29 is 9.59 Å². The van der Waals surface area contributed by atoms with Crippen LogP contribution >= 0.6 is 0 Å². The number of nitrogens with zero attached hydrogens (tertiary/aromatic N) is 4. The van der Waals surface area contributed by atoms with E-state index in [-0.39, 0.29) is 11.8 Å². The molecule has 2 heterocycles. The SMILES string of the molecule is CN(C)C(=O)c1ccc(CC2CCN(C(=O)c3cnccn3)CC2)cc1. The number of rotatable bonds is 4. The topological polar surface area (TPSA) is 66.4 Å². The molecule has 1 saturated heterocycles. The molecule has 0 radical (unpaired) electrons. The zero-order chi connectivity index (χ0) is 18.5. The summed E-state index contributed by atoms with van der Waals surface area (Å²) in [5.74, 6) is 0.534. The molecule has 2 aromatic rings. The number of amides is 2. The number of aromatic nitrogens is 2. The van der Waals surface area contributed by atoms with Gasteiger partial charge in [-0.05, 0) is 42.9 Å². The molecule has 0 spiro atoms. The summed E-state index contributed by atoms with van der Waals surface area (Å²) in [5.41, 5.74) is 2.36. The molecular formula is C20H24N4O2. The van der Waals surface area contributed by atoms with Gasteiger partial charge in [0.25, 0.3) is 11.8 Å². The summed E-state index contributed by atoms with van der Waals surface area (Å²) in [4.78, 5) is 35.8. The molecular weight excluding hydrogens is 328 g/mol. The van der Waals surface area contributed by atoms with E-state index in [1.54, 1.807) is 31.4 Å². The molecule has 0 unspecified atom stereocenters. The number of carbonyl (C=O) groups is 2. The summed E-state index contributed by atoms with van der Waals surface area (Å²) in [6.07, 6.45) is 7.56. The Bertz CT molecular complexity index is 751. The Morgan fingerprint density at radius 3 is 2.38 bits per heavy atom. The quantitative estimate of drug-likeness (QED) is 0.847. The van der Waals surface area contributed by atoms with Crippen LogP contribution in [0.4, 0.5) is 0 Å². The van der Waals surface area contributed by atoms with E-state index >= 15 is 0 Å². The van der Waals surface area contributed by atoms with E-state index in [4.69, 9.17) is 0 Å². The van der Waals surface area contributed by atoms with Crippen molar-refractivity contribution in [2.75, 3.05) is 27.2 Å². The standard InChI is InChI=1S/C20H24N4O2/c1-23(2)19(25)17-5-3-15(4-6-17)13-16-7-11-24(12-8-16)20(26)18-14-21-9-10-22-18/h3-6,9-10,14,16H,7-8,11-13H2,1-2H3. The van der Waals surface area contributed by atoms with Crippen molar-refractivity contribution in [2.24, 2.45) is 5.92 Å². The smallest absolute Gasteiger partial charge is 0.274 e. The van der Waals surface area contributed by atoms with Crippen molar-refractivity contribution in [1.29, 1.82) is 0 Å². The number of hydrogen-bond donors (Lipinski definition) is 0. The molecule has 0 atom stereocenters. The molecule has 1 aromatic heterocycles. The Labute approximate surface area is 153 Å². The number of piperidine rings is 1. The highest BCUT2D eigenvalue weighted by molar-refractivity contribution is 5.94. The third kappa shape index (κ3) is 4.25. The lowest BCUT2D eigenvalue weighted by atomic mass is 9.90. The highest BCUT2D eigenvalue weighted by atomic mass is 16.2. The van der Waals surface area contributed by atoms with Crippen LogP contribution in [-0.4, -0.2) is 58.8 Å². The minimum atomic E-state index is -0.0388. The third-order valence-corrected chi connectivity index (χ3v) is 4.82. The van der Waals surface area contributed by atoms with Gasteiger partial charge in [-0.15, -0.1) is 0 Å². The van der Waals surface area contributed by atoms with Crippen LogP contribution in [-0.2, 0) is 6.42 Å². The van der Waals surface area contributed by atoms with Crippen LogP contribution in [0.5, 0.6) is 0 Å². The van der Waals surface area contributed by atoms with Gasteiger partial charge in [0.2, 0.25) is 0 Å².